The van der Waals surface area contributed by atoms with Crippen LogP contribution in [-0.4, -0.2) is 57.6 Å². The van der Waals surface area contributed by atoms with Crippen LogP contribution in [-0.2, 0) is 17.9 Å². The number of nitrogens with zero attached hydrogens (tertiary/aromatic N) is 4. The van der Waals surface area contributed by atoms with Gasteiger partial charge in [-0.25, -0.2) is 4.68 Å². The Morgan fingerprint density at radius 2 is 1.60 bits per heavy atom. The van der Waals surface area contributed by atoms with Crippen molar-refractivity contribution < 1.29 is 14.3 Å². The fourth-order valence-electron chi connectivity index (χ4n) is 4.68. The molecule has 0 spiro atoms. The van der Waals surface area contributed by atoms with E-state index in [1.807, 2.05) is 43.3 Å². The van der Waals surface area contributed by atoms with Gasteiger partial charge in [0.1, 0.15) is 17.5 Å². The van der Waals surface area contributed by atoms with Crippen LogP contribution in [0.15, 0.2) is 78.9 Å². The maximum absolute atomic E-state index is 13.1. The number of carbonyl (C=O) groups is 2. The van der Waals surface area contributed by atoms with Gasteiger partial charge in [0.25, 0.3) is 5.91 Å². The number of halogens is 3. The maximum atomic E-state index is 13.1. The summed E-state index contributed by atoms with van der Waals surface area (Å²) in [6.45, 7) is 4.45. The summed E-state index contributed by atoms with van der Waals surface area (Å²) in [7, 11) is 0. The Morgan fingerprint density at radius 1 is 0.905 bits per heavy atom. The quantitative estimate of drug-likeness (QED) is 0.203. The number of aryl methyl sites for hydroxylation is 1. The lowest BCUT2D eigenvalue weighted by Gasteiger charge is -2.34. The molecule has 0 radical (unpaired) electrons. The van der Waals surface area contributed by atoms with Gasteiger partial charge in [-0.15, -0.1) is 0 Å². The van der Waals surface area contributed by atoms with Crippen molar-refractivity contribution in [1.82, 2.24) is 19.6 Å². The number of hydrogen-bond donors (Lipinski definition) is 0. The van der Waals surface area contributed by atoms with Crippen molar-refractivity contribution in [2.75, 3.05) is 26.2 Å². The molecule has 2 heterocycles. The first-order valence-electron chi connectivity index (χ1n) is 13.5. The number of benzene rings is 3. The predicted octanol–water partition coefficient (Wildman–Crippen LogP) is 6.78. The SMILES string of the molecule is Cc1nn(Cc2ccc(Cl)cc2Cl)c(Cl)c1/C=C/C(=O)N1CCN(C(=O)c2ccc(OCc3ccccc3)cc2)CC1. The van der Waals surface area contributed by atoms with Crippen LogP contribution in [0, 0.1) is 6.92 Å². The Morgan fingerprint density at radius 3 is 2.29 bits per heavy atom. The molecule has 0 bridgehead atoms. The van der Waals surface area contributed by atoms with Crippen molar-refractivity contribution in [3.8, 4) is 5.75 Å². The van der Waals surface area contributed by atoms with Gasteiger partial charge in [0.15, 0.2) is 0 Å². The summed E-state index contributed by atoms with van der Waals surface area (Å²) < 4.78 is 7.46. The minimum atomic E-state index is -0.147. The first-order valence-corrected chi connectivity index (χ1v) is 14.6. The molecule has 1 aliphatic heterocycles. The largest absolute Gasteiger partial charge is 0.489 e. The van der Waals surface area contributed by atoms with Crippen molar-refractivity contribution in [2.24, 2.45) is 0 Å². The van der Waals surface area contributed by atoms with Crippen LogP contribution in [0.25, 0.3) is 6.08 Å². The van der Waals surface area contributed by atoms with E-state index in [0.717, 1.165) is 11.1 Å². The van der Waals surface area contributed by atoms with E-state index in [-0.39, 0.29) is 11.8 Å². The van der Waals surface area contributed by atoms with Gasteiger partial charge in [-0.05, 0) is 60.5 Å². The van der Waals surface area contributed by atoms with E-state index in [0.29, 0.717) is 77.1 Å². The second-order valence-electron chi connectivity index (χ2n) is 9.93. The van der Waals surface area contributed by atoms with Gasteiger partial charge in [0.2, 0.25) is 5.91 Å². The van der Waals surface area contributed by atoms with E-state index >= 15 is 0 Å². The molecule has 1 saturated heterocycles. The van der Waals surface area contributed by atoms with Crippen LogP contribution in [0.5, 0.6) is 5.75 Å². The highest BCUT2D eigenvalue weighted by Gasteiger charge is 2.24. The van der Waals surface area contributed by atoms with Gasteiger partial charge in [0.05, 0.1) is 12.2 Å². The van der Waals surface area contributed by atoms with Gasteiger partial charge in [-0.1, -0.05) is 71.2 Å². The second-order valence-corrected chi connectivity index (χ2v) is 11.1. The Bertz CT molecular complexity index is 1600. The average Bonchev–Trinajstić information content (AvgIpc) is 3.28. The van der Waals surface area contributed by atoms with Crippen molar-refractivity contribution >= 4 is 52.7 Å². The Balaban J connectivity index is 1.13. The van der Waals surface area contributed by atoms with E-state index in [2.05, 4.69) is 5.10 Å². The molecule has 1 aromatic heterocycles. The Hall–Kier alpha value is -3.78. The molecular formula is C32H29Cl3N4O3. The number of ether oxygens (including phenoxy) is 1. The first kappa shape index (κ1) is 29.7. The molecule has 42 heavy (non-hydrogen) atoms. The van der Waals surface area contributed by atoms with Gasteiger partial charge in [0, 0.05) is 53.4 Å². The number of carbonyl (C=O) groups excluding carboxylic acids is 2. The van der Waals surface area contributed by atoms with E-state index < -0.39 is 0 Å². The van der Waals surface area contributed by atoms with Crippen LogP contribution in [0.4, 0.5) is 0 Å². The summed E-state index contributed by atoms with van der Waals surface area (Å²) in [5, 5.41) is 6.01. The van der Waals surface area contributed by atoms with Gasteiger partial charge >= 0.3 is 0 Å². The molecule has 3 aromatic carbocycles. The highest BCUT2D eigenvalue weighted by molar-refractivity contribution is 6.35. The summed E-state index contributed by atoms with van der Waals surface area (Å²) in [5.41, 5.74) is 3.86. The number of rotatable bonds is 8. The number of amides is 2. The average molecular weight is 624 g/mol. The fourth-order valence-corrected chi connectivity index (χ4v) is 5.45. The lowest BCUT2D eigenvalue weighted by atomic mass is 10.1. The zero-order valence-corrected chi connectivity index (χ0v) is 25.2. The van der Waals surface area contributed by atoms with E-state index in [9.17, 15) is 9.59 Å². The molecule has 0 atom stereocenters. The maximum Gasteiger partial charge on any atom is 0.253 e. The smallest absolute Gasteiger partial charge is 0.253 e. The number of hydrogen-bond acceptors (Lipinski definition) is 4. The van der Waals surface area contributed by atoms with Crippen LogP contribution in [0.2, 0.25) is 15.2 Å². The normalized spacial score (nSPS) is 13.5. The standard InChI is InChI=1S/C32H29Cl3N4O3/c1-22-28(31(35)39(36-22)20-25-7-10-26(33)19-29(25)34)13-14-30(40)37-15-17-38(18-16-37)32(41)24-8-11-27(12-9-24)42-21-23-5-3-2-4-6-23/h2-14,19H,15-18,20-21H2,1H3/b14-13+. The predicted molar refractivity (Wildman–Crippen MR) is 166 cm³/mol. The van der Waals surface area contributed by atoms with E-state index in [1.165, 1.54) is 6.08 Å². The first-order chi connectivity index (χ1) is 20.3. The highest BCUT2D eigenvalue weighted by Crippen LogP contribution is 2.26. The molecule has 0 unspecified atom stereocenters. The molecule has 0 saturated carbocycles. The lowest BCUT2D eigenvalue weighted by Crippen LogP contribution is -2.50. The molecule has 1 fully saturated rings. The summed E-state index contributed by atoms with van der Waals surface area (Å²) in [6, 6.07) is 22.3. The van der Waals surface area contributed by atoms with Gasteiger partial charge in [-0.2, -0.15) is 5.10 Å². The zero-order chi connectivity index (χ0) is 29.6. The van der Waals surface area contributed by atoms with Crippen LogP contribution in [0.3, 0.4) is 0 Å². The zero-order valence-electron chi connectivity index (χ0n) is 23.0. The van der Waals surface area contributed by atoms with E-state index in [1.54, 1.807) is 57.0 Å². The van der Waals surface area contributed by atoms with E-state index in [4.69, 9.17) is 39.5 Å². The Labute approximate surface area is 259 Å². The Kier molecular flexibility index (Phi) is 9.52. The van der Waals surface area contributed by atoms with Crippen molar-refractivity contribution in [2.45, 2.75) is 20.1 Å². The second kappa shape index (κ2) is 13.5. The third kappa shape index (κ3) is 7.16. The van der Waals surface area contributed by atoms with Gasteiger partial charge < -0.3 is 14.5 Å². The summed E-state index contributed by atoms with van der Waals surface area (Å²) >= 11 is 18.9. The van der Waals surface area contributed by atoms with Gasteiger partial charge in [-0.3, -0.25) is 9.59 Å². The molecular weight excluding hydrogens is 595 g/mol. The minimum absolute atomic E-state index is 0.0668. The molecule has 2 amide bonds. The molecule has 10 heteroatoms. The molecule has 4 aromatic rings. The van der Waals surface area contributed by atoms with Crippen LogP contribution < -0.4 is 4.74 Å². The molecule has 0 N–H and O–H groups in total. The van der Waals surface area contributed by atoms with Crippen molar-refractivity contribution in [3.05, 3.63) is 122 Å². The fraction of sp³-hybridized carbons (Fsp3) is 0.219. The number of piperazine rings is 1. The topological polar surface area (TPSA) is 67.7 Å². The van der Waals surface area contributed by atoms with Crippen LogP contribution in [0.1, 0.15) is 32.7 Å². The minimum Gasteiger partial charge on any atom is -0.489 e. The summed E-state index contributed by atoms with van der Waals surface area (Å²) in [6.07, 6.45) is 3.19. The third-order valence-electron chi connectivity index (χ3n) is 7.07. The molecule has 7 nitrogen and oxygen atoms in total. The molecule has 0 aliphatic carbocycles. The molecule has 1 aliphatic rings. The monoisotopic (exact) mass is 622 g/mol. The lowest BCUT2D eigenvalue weighted by molar-refractivity contribution is -0.127. The van der Waals surface area contributed by atoms with Crippen LogP contribution >= 0.6 is 34.8 Å². The highest BCUT2D eigenvalue weighted by atomic mass is 35.5. The van der Waals surface area contributed by atoms with Crippen molar-refractivity contribution in [1.29, 1.82) is 0 Å². The third-order valence-corrected chi connectivity index (χ3v) is 8.05. The molecule has 216 valence electrons. The molecule has 5 rings (SSSR count). The van der Waals surface area contributed by atoms with Crippen molar-refractivity contribution in [3.63, 3.8) is 0 Å². The number of aromatic nitrogens is 2. The summed E-state index contributed by atoms with van der Waals surface area (Å²) in [4.78, 5) is 29.5. The summed E-state index contributed by atoms with van der Waals surface area (Å²) in [5.74, 6) is 0.487.